The van der Waals surface area contributed by atoms with Crippen molar-refractivity contribution < 1.29 is 95.7 Å². The minimum absolute atomic E-state index is 0. The van der Waals surface area contributed by atoms with Gasteiger partial charge < -0.3 is 35.2 Å². The molecule has 0 bridgehead atoms. The Labute approximate surface area is 323 Å². The van der Waals surface area contributed by atoms with Gasteiger partial charge in [0.1, 0.15) is 18.4 Å². The molecule has 0 aliphatic heterocycles. The number of methoxy groups -OCH3 is 1. The van der Waals surface area contributed by atoms with E-state index in [1.165, 1.54) is 32.4 Å². The van der Waals surface area contributed by atoms with Gasteiger partial charge in [-0.05, 0) is 50.3 Å². The predicted molar refractivity (Wildman–Crippen MR) is 177 cm³/mol. The number of aliphatic hydroxyl groups excluding tert-OH is 2. The van der Waals surface area contributed by atoms with Crippen molar-refractivity contribution in [2.45, 2.75) is 121 Å². The van der Waals surface area contributed by atoms with Gasteiger partial charge in [0.05, 0.1) is 19.1 Å². The molecule has 1 rings (SSSR count). The number of hydrogen-bond acceptors (Lipinski definition) is 8. The van der Waals surface area contributed by atoms with Gasteiger partial charge in [0, 0.05) is 19.4 Å². The number of ether oxygens (including phenoxy) is 2. The van der Waals surface area contributed by atoms with Crippen LogP contribution >= 0.6 is 0 Å². The molecule has 10 nitrogen and oxygen atoms in total. The molecule has 1 amide bonds. The number of nitrogens with one attached hydrogen (secondary N) is 1. The van der Waals surface area contributed by atoms with Crippen LogP contribution in [0.4, 0.5) is 0 Å². The first kappa shape index (κ1) is 45.2. The summed E-state index contributed by atoms with van der Waals surface area (Å²) in [5.41, 5.74) is -1.91. The summed E-state index contributed by atoms with van der Waals surface area (Å²) >= 11 is 0. The zero-order chi connectivity index (χ0) is 34.2. The number of carbonyl (C=O) groups excluding carboxylic acids is 2. The molecular formula is C36H55KNO9+. The standard InChI is InChI=1S/C36H55NO9.K/c1-4-6-8-11-14-17-29(39)18-15-12-9-10-13-16-19-31(36(44,24-25-38)35(42)43)33(40)37-32(34(41)45-3)27-28-20-22-30(23-21-28)46-26-7-5-2;/h16,19-23,29,31-32,38-39,44H,4,6,8-15,17-18,24-27H2,1-3H3,(H,37,40)(H,42,43);/q;+1/b19-16+;/t29?,31-,32+,36+;/m1./s1. The molecule has 11 heteroatoms. The maximum atomic E-state index is 13.5. The summed E-state index contributed by atoms with van der Waals surface area (Å²) in [6, 6.07) is 5.70. The van der Waals surface area contributed by atoms with E-state index in [4.69, 9.17) is 9.47 Å². The fraction of sp³-hybridized carbons (Fsp3) is 0.639. The van der Waals surface area contributed by atoms with Crippen molar-refractivity contribution in [3.8, 4) is 17.6 Å². The number of aliphatic hydroxyl groups is 3. The van der Waals surface area contributed by atoms with E-state index in [9.17, 15) is 34.8 Å². The van der Waals surface area contributed by atoms with Crippen LogP contribution in [0.1, 0.15) is 103 Å². The summed E-state index contributed by atoms with van der Waals surface area (Å²) in [5.74, 6) is 1.26. The number of amides is 1. The third-order valence-electron chi connectivity index (χ3n) is 7.94. The number of benzene rings is 1. The van der Waals surface area contributed by atoms with Crippen molar-refractivity contribution in [2.75, 3.05) is 20.3 Å². The first-order valence-corrected chi connectivity index (χ1v) is 16.5. The van der Waals surface area contributed by atoms with Gasteiger partial charge in [-0.25, -0.2) is 9.59 Å². The minimum Gasteiger partial charge on any atom is -0.481 e. The van der Waals surface area contributed by atoms with Gasteiger partial charge >= 0.3 is 63.3 Å². The number of carbonyl (C=O) groups is 3. The molecule has 4 atom stereocenters. The molecule has 0 spiro atoms. The Morgan fingerprint density at radius 2 is 1.62 bits per heavy atom. The number of hydrogen-bond donors (Lipinski definition) is 5. The van der Waals surface area contributed by atoms with Gasteiger partial charge in [0.2, 0.25) is 5.91 Å². The Morgan fingerprint density at radius 1 is 1.00 bits per heavy atom. The molecule has 0 aliphatic carbocycles. The van der Waals surface area contributed by atoms with Crippen LogP contribution in [0.15, 0.2) is 36.4 Å². The molecule has 0 radical (unpaired) electrons. The van der Waals surface area contributed by atoms with E-state index in [0.29, 0.717) is 17.7 Å². The maximum absolute atomic E-state index is 13.5. The Balaban J connectivity index is 0.0000212. The molecule has 0 aliphatic rings. The van der Waals surface area contributed by atoms with E-state index in [1.54, 1.807) is 37.3 Å². The van der Waals surface area contributed by atoms with Crippen molar-refractivity contribution in [1.29, 1.82) is 0 Å². The number of carboxylic acid groups (broad SMARTS) is 1. The Morgan fingerprint density at radius 3 is 2.17 bits per heavy atom. The van der Waals surface area contributed by atoms with Crippen LogP contribution in [0, 0.1) is 17.8 Å². The number of esters is 1. The third-order valence-corrected chi connectivity index (χ3v) is 7.94. The van der Waals surface area contributed by atoms with Crippen LogP contribution in [0.5, 0.6) is 5.75 Å². The van der Waals surface area contributed by atoms with E-state index < -0.39 is 48.4 Å². The molecule has 0 heterocycles. The first-order chi connectivity index (χ1) is 22.1. The van der Waals surface area contributed by atoms with Gasteiger partial charge in [-0.2, -0.15) is 0 Å². The normalized spacial score (nSPS) is 14.1. The first-order valence-electron chi connectivity index (χ1n) is 16.5. The molecule has 1 aromatic rings. The largest absolute Gasteiger partial charge is 1.00 e. The van der Waals surface area contributed by atoms with E-state index in [-0.39, 0.29) is 70.5 Å². The average molecular weight is 685 g/mol. The number of rotatable bonds is 25. The maximum Gasteiger partial charge on any atom is 1.00 e. The smallest absolute Gasteiger partial charge is 0.481 e. The molecular weight excluding hydrogens is 629 g/mol. The summed E-state index contributed by atoms with van der Waals surface area (Å²) in [6.45, 7) is 3.46. The van der Waals surface area contributed by atoms with Crippen LogP contribution < -0.4 is 61.4 Å². The van der Waals surface area contributed by atoms with Gasteiger partial charge in [-0.3, -0.25) is 4.79 Å². The van der Waals surface area contributed by atoms with Gasteiger partial charge in [-0.1, -0.05) is 88.5 Å². The summed E-state index contributed by atoms with van der Waals surface area (Å²) in [6.07, 6.45) is 13.7. The van der Waals surface area contributed by atoms with Crippen molar-refractivity contribution >= 4 is 17.8 Å². The summed E-state index contributed by atoms with van der Waals surface area (Å²) in [4.78, 5) is 38.2. The van der Waals surface area contributed by atoms with E-state index in [2.05, 4.69) is 24.1 Å². The fourth-order valence-corrected chi connectivity index (χ4v) is 5.13. The molecule has 0 saturated carbocycles. The number of unbranched alkanes of at least 4 members (excludes halogenated alkanes) is 8. The summed E-state index contributed by atoms with van der Waals surface area (Å²) in [7, 11) is 1.18. The quantitative estimate of drug-likeness (QED) is 0.0340. The molecule has 0 fully saturated rings. The van der Waals surface area contributed by atoms with Crippen LogP contribution in [0.3, 0.4) is 0 Å². The zero-order valence-corrected chi connectivity index (χ0v) is 32.0. The average Bonchev–Trinajstić information content (AvgIpc) is 3.04. The van der Waals surface area contributed by atoms with Gasteiger partial charge in [-0.15, -0.1) is 5.92 Å². The van der Waals surface area contributed by atoms with Crippen LogP contribution in [-0.2, 0) is 25.5 Å². The van der Waals surface area contributed by atoms with E-state index >= 15 is 0 Å². The summed E-state index contributed by atoms with van der Waals surface area (Å²) in [5, 5.41) is 43.1. The Hall–Kier alpha value is -1.75. The zero-order valence-electron chi connectivity index (χ0n) is 28.8. The second-order valence-electron chi connectivity index (χ2n) is 11.6. The molecule has 47 heavy (non-hydrogen) atoms. The van der Waals surface area contributed by atoms with Crippen molar-refractivity contribution in [2.24, 2.45) is 5.92 Å². The van der Waals surface area contributed by atoms with Crippen molar-refractivity contribution in [3.63, 3.8) is 0 Å². The molecule has 0 aromatic heterocycles. The monoisotopic (exact) mass is 684 g/mol. The Bertz CT molecular complexity index is 1120. The minimum atomic E-state index is -2.59. The van der Waals surface area contributed by atoms with E-state index in [0.717, 1.165) is 51.4 Å². The van der Waals surface area contributed by atoms with Crippen LogP contribution in [0.25, 0.3) is 0 Å². The summed E-state index contributed by atoms with van der Waals surface area (Å²) < 4.78 is 10.4. The molecule has 0 saturated heterocycles. The molecule has 1 aromatic carbocycles. The van der Waals surface area contributed by atoms with Gasteiger partial charge in [0.15, 0.2) is 5.60 Å². The van der Waals surface area contributed by atoms with Crippen molar-refractivity contribution in [3.05, 3.63) is 42.0 Å². The Kier molecular flexibility index (Phi) is 26.1. The number of carboxylic acids is 1. The van der Waals surface area contributed by atoms with Crippen LogP contribution in [-0.4, -0.2) is 76.3 Å². The number of allylic oxidation sites excluding steroid dienone is 1. The SMILES string of the molecule is CC#CCOc1ccc(C[C@H](NC(=O)[C@@H](/C=C/CCCCCCC(O)CCCCCCC)[C@@](O)(CCO)C(=O)O)C(=O)OC)cc1.[K+]. The predicted octanol–water partition coefficient (Wildman–Crippen LogP) is 1.73. The van der Waals surface area contributed by atoms with Gasteiger partial charge in [0.25, 0.3) is 0 Å². The fourth-order valence-electron chi connectivity index (χ4n) is 5.13. The third kappa shape index (κ3) is 18.5. The molecule has 258 valence electrons. The topological polar surface area (TPSA) is 163 Å². The van der Waals surface area contributed by atoms with E-state index in [1.807, 2.05) is 0 Å². The molecule has 5 N–H and O–H groups in total. The second kappa shape index (κ2) is 27.1. The van der Waals surface area contributed by atoms with Crippen LogP contribution in [0.2, 0.25) is 0 Å². The van der Waals surface area contributed by atoms with Crippen molar-refractivity contribution in [1.82, 2.24) is 5.32 Å². The molecule has 1 unspecified atom stereocenters. The second-order valence-corrected chi connectivity index (χ2v) is 11.6. The number of aliphatic carboxylic acids is 1.